The number of aromatic nitrogens is 3. The molecule has 8 nitrogen and oxygen atoms in total. The van der Waals surface area contributed by atoms with Gasteiger partial charge in [0.1, 0.15) is 0 Å². The van der Waals surface area contributed by atoms with Crippen molar-refractivity contribution in [3.05, 3.63) is 93.2 Å². The van der Waals surface area contributed by atoms with Gasteiger partial charge in [-0.05, 0) is 31.5 Å². The molecule has 2 aromatic heterocycles. The molecule has 1 unspecified atom stereocenters. The van der Waals surface area contributed by atoms with Crippen LogP contribution in [0.2, 0.25) is 0 Å². The first-order valence-corrected chi connectivity index (χ1v) is 11.5. The number of benzene rings is 2. The molecule has 0 aliphatic carbocycles. The van der Waals surface area contributed by atoms with Crippen LogP contribution in [0.5, 0.6) is 0 Å². The maximum Gasteiger partial charge on any atom is 0.281 e. The minimum absolute atomic E-state index is 0.0879. The van der Waals surface area contributed by atoms with E-state index in [0.29, 0.717) is 16.5 Å². The lowest BCUT2D eigenvalue weighted by molar-refractivity contribution is -0.119. The molecule has 0 bridgehead atoms. The average Bonchev–Trinajstić information content (AvgIpc) is 3.27. The van der Waals surface area contributed by atoms with Gasteiger partial charge in [-0.15, -0.1) is 11.3 Å². The van der Waals surface area contributed by atoms with E-state index in [1.807, 2.05) is 66.9 Å². The molecule has 2 heterocycles. The number of carbonyl (C=O) groups is 2. The predicted molar refractivity (Wildman–Crippen MR) is 132 cm³/mol. The van der Waals surface area contributed by atoms with Crippen LogP contribution in [0.15, 0.2) is 70.8 Å². The molecule has 34 heavy (non-hydrogen) atoms. The standard InChI is InChI=1S/C25H23N5O3S/c1-15-13-22(32)23(29-30(15)20-7-5-4-6-8-20)24(33)28-25-27-21(14-34-25)19-11-9-18(10-12-19)16(2)26-17(3)31/h4-14,16H,1-3H3,(H,26,31)(H,27,28,33). The Balaban J connectivity index is 1.52. The third kappa shape index (κ3) is 5.10. The Labute approximate surface area is 200 Å². The lowest BCUT2D eigenvalue weighted by atomic mass is 10.1. The minimum Gasteiger partial charge on any atom is -0.350 e. The quantitative estimate of drug-likeness (QED) is 0.438. The van der Waals surface area contributed by atoms with Gasteiger partial charge in [-0.2, -0.15) is 5.10 Å². The number of hydrogen-bond donors (Lipinski definition) is 2. The van der Waals surface area contributed by atoms with Crippen molar-refractivity contribution in [3.63, 3.8) is 0 Å². The second-order valence-electron chi connectivity index (χ2n) is 7.78. The van der Waals surface area contributed by atoms with E-state index in [4.69, 9.17) is 0 Å². The lowest BCUT2D eigenvalue weighted by Gasteiger charge is -2.13. The maximum absolute atomic E-state index is 12.8. The summed E-state index contributed by atoms with van der Waals surface area (Å²) >= 11 is 1.26. The van der Waals surface area contributed by atoms with Crippen molar-refractivity contribution in [3.8, 4) is 16.9 Å². The summed E-state index contributed by atoms with van der Waals surface area (Å²) in [5, 5.41) is 12.0. The normalized spacial score (nSPS) is 11.6. The molecular weight excluding hydrogens is 450 g/mol. The number of carbonyl (C=O) groups excluding carboxylic acids is 2. The van der Waals surface area contributed by atoms with E-state index in [2.05, 4.69) is 20.7 Å². The SMILES string of the molecule is CC(=O)NC(C)c1ccc(-c2csc(NC(=O)c3nn(-c4ccccc4)c(C)cc3=O)n2)cc1. The van der Waals surface area contributed by atoms with Crippen LogP contribution in [0, 0.1) is 6.92 Å². The zero-order chi connectivity index (χ0) is 24.2. The molecule has 2 amide bonds. The van der Waals surface area contributed by atoms with Gasteiger partial charge in [0.2, 0.25) is 11.3 Å². The minimum atomic E-state index is -0.616. The van der Waals surface area contributed by atoms with Crippen LogP contribution in [0.4, 0.5) is 5.13 Å². The van der Waals surface area contributed by atoms with Crippen molar-refractivity contribution in [2.45, 2.75) is 26.8 Å². The van der Waals surface area contributed by atoms with Crippen LogP contribution >= 0.6 is 11.3 Å². The first-order chi connectivity index (χ1) is 16.3. The molecule has 0 radical (unpaired) electrons. The van der Waals surface area contributed by atoms with Crippen LogP contribution in [-0.2, 0) is 4.79 Å². The van der Waals surface area contributed by atoms with Crippen LogP contribution in [-0.4, -0.2) is 26.6 Å². The van der Waals surface area contributed by atoms with Gasteiger partial charge < -0.3 is 5.32 Å². The molecule has 0 saturated heterocycles. The van der Waals surface area contributed by atoms with Crippen LogP contribution < -0.4 is 16.1 Å². The van der Waals surface area contributed by atoms with Gasteiger partial charge in [-0.1, -0.05) is 42.5 Å². The Bertz CT molecular complexity index is 1390. The van der Waals surface area contributed by atoms with Crippen LogP contribution in [0.25, 0.3) is 16.9 Å². The summed E-state index contributed by atoms with van der Waals surface area (Å²) in [4.78, 5) is 41.0. The highest BCUT2D eigenvalue weighted by atomic mass is 32.1. The van der Waals surface area contributed by atoms with E-state index in [1.165, 1.54) is 24.3 Å². The number of para-hydroxylation sites is 1. The molecule has 1 atom stereocenters. The van der Waals surface area contributed by atoms with E-state index < -0.39 is 11.3 Å². The number of nitrogens with zero attached hydrogens (tertiary/aromatic N) is 3. The van der Waals surface area contributed by atoms with Crippen molar-refractivity contribution in [1.29, 1.82) is 0 Å². The largest absolute Gasteiger partial charge is 0.350 e. The first kappa shape index (κ1) is 23.1. The molecule has 0 aliphatic heterocycles. The molecule has 0 saturated carbocycles. The smallest absolute Gasteiger partial charge is 0.281 e. The van der Waals surface area contributed by atoms with Crippen molar-refractivity contribution < 1.29 is 9.59 Å². The number of amides is 2. The topological polar surface area (TPSA) is 106 Å². The molecule has 4 aromatic rings. The van der Waals surface area contributed by atoms with E-state index >= 15 is 0 Å². The van der Waals surface area contributed by atoms with E-state index in [0.717, 1.165) is 16.8 Å². The number of hydrogen-bond acceptors (Lipinski definition) is 6. The van der Waals surface area contributed by atoms with E-state index in [9.17, 15) is 14.4 Å². The van der Waals surface area contributed by atoms with Crippen molar-refractivity contribution in [1.82, 2.24) is 20.1 Å². The summed E-state index contributed by atoms with van der Waals surface area (Å²) in [6.07, 6.45) is 0. The molecule has 0 fully saturated rings. The zero-order valence-electron chi connectivity index (χ0n) is 18.9. The Kier molecular flexibility index (Phi) is 6.65. The summed E-state index contributed by atoms with van der Waals surface area (Å²) < 4.78 is 1.56. The van der Waals surface area contributed by atoms with Crippen molar-refractivity contribution in [2.75, 3.05) is 5.32 Å². The molecule has 0 spiro atoms. The fraction of sp³-hybridized carbons (Fsp3) is 0.160. The number of thiazole rings is 1. The summed E-state index contributed by atoms with van der Waals surface area (Å²) in [6.45, 7) is 5.16. The number of anilines is 1. The first-order valence-electron chi connectivity index (χ1n) is 10.6. The monoisotopic (exact) mass is 473 g/mol. The van der Waals surface area contributed by atoms with Gasteiger partial charge in [0.15, 0.2) is 10.8 Å². The number of aryl methyl sites for hydroxylation is 1. The summed E-state index contributed by atoms with van der Waals surface area (Å²) in [6, 6.07) is 18.3. The van der Waals surface area contributed by atoms with Gasteiger partial charge in [-0.25, -0.2) is 9.67 Å². The lowest BCUT2D eigenvalue weighted by Crippen LogP contribution is -2.26. The second-order valence-corrected chi connectivity index (χ2v) is 8.64. The fourth-order valence-corrected chi connectivity index (χ4v) is 4.20. The molecule has 2 N–H and O–H groups in total. The third-order valence-electron chi connectivity index (χ3n) is 5.17. The highest BCUT2D eigenvalue weighted by Gasteiger charge is 2.17. The Morgan fingerprint density at radius 2 is 1.76 bits per heavy atom. The second kappa shape index (κ2) is 9.80. The number of nitrogens with one attached hydrogen (secondary N) is 2. The molecular formula is C25H23N5O3S. The van der Waals surface area contributed by atoms with Crippen LogP contribution in [0.3, 0.4) is 0 Å². The Hall–Kier alpha value is -4.11. The third-order valence-corrected chi connectivity index (χ3v) is 5.93. The Morgan fingerprint density at radius 1 is 1.06 bits per heavy atom. The summed E-state index contributed by atoms with van der Waals surface area (Å²) in [5.74, 6) is -0.704. The summed E-state index contributed by atoms with van der Waals surface area (Å²) in [7, 11) is 0. The van der Waals surface area contributed by atoms with Gasteiger partial charge in [0.05, 0.1) is 17.4 Å². The van der Waals surface area contributed by atoms with Gasteiger partial charge in [0.25, 0.3) is 5.91 Å². The number of rotatable bonds is 6. The van der Waals surface area contributed by atoms with Gasteiger partial charge in [-0.3, -0.25) is 19.7 Å². The highest BCUT2D eigenvalue weighted by molar-refractivity contribution is 7.14. The van der Waals surface area contributed by atoms with Crippen LogP contribution in [0.1, 0.15) is 41.6 Å². The molecule has 4 rings (SSSR count). The van der Waals surface area contributed by atoms with Gasteiger partial charge >= 0.3 is 0 Å². The van der Waals surface area contributed by atoms with Crippen molar-refractivity contribution in [2.24, 2.45) is 0 Å². The van der Waals surface area contributed by atoms with E-state index in [-0.39, 0.29) is 17.6 Å². The van der Waals surface area contributed by atoms with Crippen molar-refractivity contribution >= 4 is 28.3 Å². The molecule has 9 heteroatoms. The van der Waals surface area contributed by atoms with E-state index in [1.54, 1.807) is 11.6 Å². The van der Waals surface area contributed by atoms with Gasteiger partial charge in [0, 0.05) is 29.6 Å². The molecule has 0 aliphatic rings. The predicted octanol–water partition coefficient (Wildman–Crippen LogP) is 4.11. The fourth-order valence-electron chi connectivity index (χ4n) is 3.49. The summed E-state index contributed by atoms with van der Waals surface area (Å²) in [5.41, 5.74) is 3.25. The zero-order valence-corrected chi connectivity index (χ0v) is 19.7. The average molecular weight is 474 g/mol. The highest BCUT2D eigenvalue weighted by Crippen LogP contribution is 2.26. The maximum atomic E-state index is 12.8. The molecule has 172 valence electrons. The Morgan fingerprint density at radius 3 is 2.44 bits per heavy atom. The molecule has 2 aromatic carbocycles.